The Morgan fingerprint density at radius 3 is 2.17 bits per heavy atom. The summed E-state index contributed by atoms with van der Waals surface area (Å²) < 4.78 is 5.02. The Morgan fingerprint density at radius 1 is 1.08 bits per heavy atom. The number of hydrogen-bond donors (Lipinski definition) is 4. The van der Waals surface area contributed by atoms with Crippen molar-refractivity contribution in [1.82, 2.24) is 0 Å². The molecule has 0 aromatic rings. The van der Waals surface area contributed by atoms with Crippen LogP contribution in [0.5, 0.6) is 0 Å². The third kappa shape index (κ3) is 1.60. The lowest BCUT2D eigenvalue weighted by Crippen LogP contribution is -2.57. The van der Waals surface area contributed by atoms with Crippen LogP contribution in [0.4, 0.5) is 0 Å². The quantitative estimate of drug-likeness (QED) is 0.367. The molecule has 4 N–H and O–H groups in total. The molecule has 0 amide bonds. The van der Waals surface area contributed by atoms with Gasteiger partial charge in [0.15, 0.2) is 0 Å². The number of aliphatic hydroxyl groups is 4. The van der Waals surface area contributed by atoms with Crippen molar-refractivity contribution in [2.24, 2.45) is 0 Å². The number of rotatable bonds is 1. The monoisotopic (exact) mass is 178 g/mol. The molecule has 0 spiro atoms. The van der Waals surface area contributed by atoms with E-state index in [0.29, 0.717) is 0 Å². The van der Waals surface area contributed by atoms with E-state index in [2.05, 4.69) is 0 Å². The summed E-state index contributed by atoms with van der Waals surface area (Å²) in [6, 6.07) is 0. The summed E-state index contributed by atoms with van der Waals surface area (Å²) in [5, 5.41) is 36.4. The summed E-state index contributed by atoms with van der Waals surface area (Å²) in [5.74, 6) is 0. The van der Waals surface area contributed by atoms with Crippen molar-refractivity contribution < 1.29 is 25.2 Å². The van der Waals surface area contributed by atoms with Gasteiger partial charge in [-0.05, 0) is 6.92 Å². The zero-order valence-electron chi connectivity index (χ0n) is 6.79. The van der Waals surface area contributed by atoms with E-state index in [0.717, 1.165) is 0 Å². The number of hydrogen-bond acceptors (Lipinski definition) is 5. The first kappa shape index (κ1) is 9.88. The molecule has 5 atom stereocenters. The summed E-state index contributed by atoms with van der Waals surface area (Å²) in [5.41, 5.74) is 0. The minimum absolute atomic E-state index is 0.366. The van der Waals surface area contributed by atoms with E-state index in [-0.39, 0.29) is 6.61 Å². The van der Waals surface area contributed by atoms with Gasteiger partial charge >= 0.3 is 0 Å². The van der Waals surface area contributed by atoms with Crippen LogP contribution in [-0.2, 0) is 4.74 Å². The summed E-state index contributed by atoms with van der Waals surface area (Å²) in [7, 11) is 0. The summed E-state index contributed by atoms with van der Waals surface area (Å²) in [6.45, 7) is 1.21. The highest BCUT2D eigenvalue weighted by atomic mass is 16.5. The maximum Gasteiger partial charge on any atom is 0.111 e. The average molecular weight is 178 g/mol. The molecule has 72 valence electrons. The Labute approximate surface area is 70.2 Å². The number of aliphatic hydroxyl groups excluding tert-OH is 4. The van der Waals surface area contributed by atoms with Crippen molar-refractivity contribution in [3.05, 3.63) is 0 Å². The molecule has 0 unspecified atom stereocenters. The molecule has 1 aliphatic heterocycles. The third-order valence-corrected chi connectivity index (χ3v) is 2.13. The molecule has 0 aliphatic carbocycles. The predicted octanol–water partition coefficient (Wildman–Crippen LogP) is -2.15. The van der Waals surface area contributed by atoms with Gasteiger partial charge in [-0.2, -0.15) is 0 Å². The van der Waals surface area contributed by atoms with Gasteiger partial charge in [-0.25, -0.2) is 0 Å². The average Bonchev–Trinajstić information content (AvgIpc) is 2.08. The van der Waals surface area contributed by atoms with Gasteiger partial charge in [-0.15, -0.1) is 0 Å². The normalized spacial score (nSPS) is 49.2. The van der Waals surface area contributed by atoms with Crippen molar-refractivity contribution in [2.45, 2.75) is 37.4 Å². The van der Waals surface area contributed by atoms with Gasteiger partial charge < -0.3 is 25.2 Å². The van der Waals surface area contributed by atoms with Gasteiger partial charge in [0.05, 0.1) is 12.7 Å². The van der Waals surface area contributed by atoms with Crippen LogP contribution in [0.15, 0.2) is 0 Å². The van der Waals surface area contributed by atoms with E-state index in [1.54, 1.807) is 6.92 Å². The van der Waals surface area contributed by atoms with Crippen molar-refractivity contribution in [2.75, 3.05) is 6.61 Å². The molecule has 1 heterocycles. The molecule has 1 aliphatic rings. The first-order valence-electron chi connectivity index (χ1n) is 3.88. The van der Waals surface area contributed by atoms with E-state index in [1.165, 1.54) is 0 Å². The fourth-order valence-electron chi connectivity index (χ4n) is 1.29. The zero-order valence-corrected chi connectivity index (χ0v) is 6.79. The Bertz CT molecular complexity index is 146. The molecule has 1 fully saturated rings. The van der Waals surface area contributed by atoms with Gasteiger partial charge in [0.2, 0.25) is 0 Å². The Morgan fingerprint density at radius 2 is 1.67 bits per heavy atom. The largest absolute Gasteiger partial charge is 0.394 e. The summed E-state index contributed by atoms with van der Waals surface area (Å²) in [4.78, 5) is 0. The highest BCUT2D eigenvalue weighted by molar-refractivity contribution is 4.89. The maximum absolute atomic E-state index is 9.23. The highest BCUT2D eigenvalue weighted by Crippen LogP contribution is 2.20. The van der Waals surface area contributed by atoms with Crippen molar-refractivity contribution in [3.8, 4) is 0 Å². The van der Waals surface area contributed by atoms with Crippen molar-refractivity contribution >= 4 is 0 Å². The lowest BCUT2D eigenvalue weighted by molar-refractivity contribution is -0.224. The molecule has 0 aromatic heterocycles. The fraction of sp³-hybridized carbons (Fsp3) is 1.00. The highest BCUT2D eigenvalue weighted by Gasteiger charge is 2.41. The van der Waals surface area contributed by atoms with Gasteiger partial charge in [-0.3, -0.25) is 0 Å². The van der Waals surface area contributed by atoms with Gasteiger partial charge in [-0.1, -0.05) is 0 Å². The van der Waals surface area contributed by atoms with E-state index in [9.17, 15) is 15.3 Å². The third-order valence-electron chi connectivity index (χ3n) is 2.13. The van der Waals surface area contributed by atoms with Gasteiger partial charge in [0.25, 0.3) is 0 Å². The zero-order chi connectivity index (χ0) is 9.30. The predicted molar refractivity (Wildman–Crippen MR) is 39.4 cm³/mol. The molecule has 0 bridgehead atoms. The number of ether oxygens (including phenoxy) is 1. The van der Waals surface area contributed by atoms with Crippen LogP contribution in [0.3, 0.4) is 0 Å². The molecular formula is C7H14O5. The Kier molecular flexibility index (Phi) is 3.03. The second kappa shape index (κ2) is 3.68. The Hall–Kier alpha value is -0.200. The molecule has 5 heteroatoms. The molecule has 0 radical (unpaired) electrons. The first-order valence-corrected chi connectivity index (χ1v) is 3.88. The van der Waals surface area contributed by atoms with Crippen molar-refractivity contribution in [3.63, 3.8) is 0 Å². The second-order valence-electron chi connectivity index (χ2n) is 3.03. The van der Waals surface area contributed by atoms with Crippen LogP contribution in [0.2, 0.25) is 0 Å². The molecule has 5 nitrogen and oxygen atoms in total. The molecular weight excluding hydrogens is 164 g/mol. The van der Waals surface area contributed by atoms with E-state index < -0.39 is 30.5 Å². The molecule has 1 saturated heterocycles. The van der Waals surface area contributed by atoms with Crippen molar-refractivity contribution in [1.29, 1.82) is 0 Å². The second-order valence-corrected chi connectivity index (χ2v) is 3.03. The van der Waals surface area contributed by atoms with E-state index >= 15 is 0 Å². The van der Waals surface area contributed by atoms with Crippen LogP contribution in [-0.4, -0.2) is 57.6 Å². The van der Waals surface area contributed by atoms with Crippen LogP contribution < -0.4 is 0 Å². The summed E-state index contributed by atoms with van der Waals surface area (Å²) >= 11 is 0. The lowest BCUT2D eigenvalue weighted by Gasteiger charge is -2.38. The minimum atomic E-state index is -1.24. The van der Waals surface area contributed by atoms with Crippen LogP contribution >= 0.6 is 0 Å². The molecule has 0 saturated carbocycles. The van der Waals surface area contributed by atoms with Crippen LogP contribution in [0, 0.1) is 0 Å². The summed E-state index contributed by atoms with van der Waals surface area (Å²) in [6.07, 6.45) is -4.94. The van der Waals surface area contributed by atoms with Crippen LogP contribution in [0.1, 0.15) is 6.92 Å². The smallest absolute Gasteiger partial charge is 0.111 e. The van der Waals surface area contributed by atoms with Gasteiger partial charge in [0.1, 0.15) is 24.4 Å². The molecule has 0 aromatic carbocycles. The first-order chi connectivity index (χ1) is 5.57. The van der Waals surface area contributed by atoms with Gasteiger partial charge in [0, 0.05) is 0 Å². The fourth-order valence-corrected chi connectivity index (χ4v) is 1.29. The van der Waals surface area contributed by atoms with E-state index in [1.807, 2.05) is 0 Å². The molecule has 12 heavy (non-hydrogen) atoms. The maximum atomic E-state index is 9.23. The lowest BCUT2D eigenvalue weighted by atomic mass is 9.96. The van der Waals surface area contributed by atoms with Crippen LogP contribution in [0.25, 0.3) is 0 Å². The SMILES string of the molecule is C[C@@H]1O[C@H](CO)[C@H](O)[C@H](O)[C@@H]1O. The molecule has 1 rings (SSSR count). The van der Waals surface area contributed by atoms with E-state index in [4.69, 9.17) is 9.84 Å². The Balaban J connectivity index is 2.63. The topological polar surface area (TPSA) is 90.2 Å². The standard InChI is InChI=1S/C7H14O5/c1-3-5(9)7(11)6(10)4(2-8)12-3/h3-11H,2H2,1H3/t3-,4+,5+,6-,7+/m0/s1. The minimum Gasteiger partial charge on any atom is -0.394 e.